The topological polar surface area (TPSA) is 58.6 Å². The van der Waals surface area contributed by atoms with Crippen molar-refractivity contribution in [3.63, 3.8) is 0 Å². The largest absolute Gasteiger partial charge is 0.379 e. The minimum atomic E-state index is -2.90. The van der Waals surface area contributed by atoms with Crippen molar-refractivity contribution in [3.05, 3.63) is 0 Å². The van der Waals surface area contributed by atoms with E-state index in [1.54, 1.807) is 0 Å². The van der Waals surface area contributed by atoms with E-state index in [1.165, 1.54) is 6.26 Å². The molecule has 0 amide bonds. The molecule has 1 N–H and O–H groups in total. The van der Waals surface area contributed by atoms with E-state index in [0.29, 0.717) is 0 Å². The zero-order valence-corrected chi connectivity index (χ0v) is 12.6. The molecule has 0 aromatic carbocycles. The van der Waals surface area contributed by atoms with Gasteiger partial charge >= 0.3 is 0 Å². The van der Waals surface area contributed by atoms with Crippen LogP contribution < -0.4 is 5.32 Å². The molecule has 6 heteroatoms. The third kappa shape index (κ3) is 4.70. The lowest BCUT2D eigenvalue weighted by Crippen LogP contribution is -2.42. The summed E-state index contributed by atoms with van der Waals surface area (Å²) < 4.78 is 28.6. The van der Waals surface area contributed by atoms with Crippen LogP contribution in [0.2, 0.25) is 0 Å². The Hall–Kier alpha value is -0.170. The number of nitrogens with zero attached hydrogens (tertiary/aromatic N) is 1. The number of morpholine rings is 1. The summed E-state index contributed by atoms with van der Waals surface area (Å²) in [6.45, 7) is 5.71. The molecule has 1 aliphatic heterocycles. The van der Waals surface area contributed by atoms with Gasteiger partial charge in [-0.25, -0.2) is 8.42 Å². The molecule has 2 unspecified atom stereocenters. The third-order valence-electron chi connectivity index (χ3n) is 4.16. The molecule has 1 aliphatic carbocycles. The van der Waals surface area contributed by atoms with Gasteiger partial charge in [-0.2, -0.15) is 0 Å². The Bertz CT molecular complexity index is 366. The molecule has 1 saturated carbocycles. The monoisotopic (exact) mass is 290 g/mol. The van der Waals surface area contributed by atoms with Gasteiger partial charge in [0.05, 0.1) is 18.5 Å². The van der Waals surface area contributed by atoms with Crippen molar-refractivity contribution in [1.82, 2.24) is 10.2 Å². The Balaban J connectivity index is 1.65. The van der Waals surface area contributed by atoms with E-state index in [-0.39, 0.29) is 11.3 Å². The molecule has 0 spiro atoms. The molecule has 1 saturated heterocycles. The molecule has 1 heterocycles. The van der Waals surface area contributed by atoms with E-state index < -0.39 is 9.84 Å². The van der Waals surface area contributed by atoms with Gasteiger partial charge in [0.1, 0.15) is 0 Å². The smallest absolute Gasteiger partial charge is 0.151 e. The molecule has 0 aromatic rings. The van der Waals surface area contributed by atoms with Gasteiger partial charge in [0.25, 0.3) is 0 Å². The summed E-state index contributed by atoms with van der Waals surface area (Å²) in [4.78, 5) is 2.41. The van der Waals surface area contributed by atoms with Crippen LogP contribution in [0.3, 0.4) is 0 Å². The molecule has 2 fully saturated rings. The van der Waals surface area contributed by atoms with E-state index in [0.717, 1.165) is 65.1 Å². The number of ether oxygens (including phenoxy) is 1. The van der Waals surface area contributed by atoms with Crippen LogP contribution in [0, 0.1) is 0 Å². The fourth-order valence-corrected chi connectivity index (χ4v) is 4.51. The van der Waals surface area contributed by atoms with Crippen LogP contribution in [-0.2, 0) is 14.6 Å². The predicted molar refractivity (Wildman–Crippen MR) is 76.1 cm³/mol. The van der Waals surface area contributed by atoms with Crippen molar-refractivity contribution in [3.8, 4) is 0 Å². The molecule has 0 bridgehead atoms. The second kappa shape index (κ2) is 7.02. The van der Waals surface area contributed by atoms with Crippen LogP contribution in [0.5, 0.6) is 0 Å². The minimum Gasteiger partial charge on any atom is -0.379 e. The van der Waals surface area contributed by atoms with Crippen LogP contribution in [0.1, 0.15) is 25.7 Å². The van der Waals surface area contributed by atoms with Crippen LogP contribution in [-0.4, -0.2) is 70.3 Å². The maximum Gasteiger partial charge on any atom is 0.151 e. The van der Waals surface area contributed by atoms with Crippen LogP contribution in [0.4, 0.5) is 0 Å². The third-order valence-corrected chi connectivity index (χ3v) is 5.83. The minimum absolute atomic E-state index is 0.166. The first-order valence-electron chi connectivity index (χ1n) is 7.30. The van der Waals surface area contributed by atoms with E-state index in [2.05, 4.69) is 10.2 Å². The van der Waals surface area contributed by atoms with E-state index >= 15 is 0 Å². The summed E-state index contributed by atoms with van der Waals surface area (Å²) in [5.41, 5.74) is 0. The standard InChI is InChI=1S/C13H26N2O3S/c1-19(16,17)13-5-2-4-12(13)14-6-3-7-15-8-10-18-11-9-15/h12-14H,2-11H2,1H3. The van der Waals surface area contributed by atoms with Gasteiger partial charge in [-0.1, -0.05) is 6.42 Å². The first kappa shape index (κ1) is 15.2. The SMILES string of the molecule is CS(=O)(=O)C1CCCC1NCCCN1CCOCC1. The lowest BCUT2D eigenvalue weighted by molar-refractivity contribution is 0.0374. The zero-order valence-electron chi connectivity index (χ0n) is 11.8. The number of hydrogen-bond acceptors (Lipinski definition) is 5. The van der Waals surface area contributed by atoms with E-state index in [1.807, 2.05) is 0 Å². The maximum atomic E-state index is 11.7. The Morgan fingerprint density at radius 1 is 1.26 bits per heavy atom. The molecule has 2 rings (SSSR count). The van der Waals surface area contributed by atoms with Gasteiger partial charge < -0.3 is 10.1 Å². The average Bonchev–Trinajstić information content (AvgIpc) is 2.84. The highest BCUT2D eigenvalue weighted by Crippen LogP contribution is 2.24. The molecule has 2 atom stereocenters. The number of sulfone groups is 1. The Kier molecular flexibility index (Phi) is 5.62. The zero-order chi connectivity index (χ0) is 13.7. The summed E-state index contributed by atoms with van der Waals surface area (Å²) in [6.07, 6.45) is 5.28. The summed E-state index contributed by atoms with van der Waals surface area (Å²) in [7, 11) is -2.90. The lowest BCUT2D eigenvalue weighted by Gasteiger charge is -2.27. The Labute approximate surface area is 116 Å². The van der Waals surface area contributed by atoms with Crippen molar-refractivity contribution in [2.24, 2.45) is 0 Å². The number of rotatable bonds is 6. The second-order valence-electron chi connectivity index (χ2n) is 5.67. The van der Waals surface area contributed by atoms with Crippen molar-refractivity contribution in [1.29, 1.82) is 0 Å². The van der Waals surface area contributed by atoms with E-state index in [4.69, 9.17) is 4.74 Å². The molecular formula is C13H26N2O3S. The summed E-state index contributed by atoms with van der Waals surface area (Å²) in [6, 6.07) is 0.166. The van der Waals surface area contributed by atoms with Gasteiger partial charge in [0, 0.05) is 25.4 Å². The van der Waals surface area contributed by atoms with Crippen molar-refractivity contribution in [2.75, 3.05) is 45.6 Å². The first-order valence-corrected chi connectivity index (χ1v) is 9.25. The van der Waals surface area contributed by atoms with Gasteiger partial charge in [0.2, 0.25) is 0 Å². The second-order valence-corrected chi connectivity index (χ2v) is 7.93. The van der Waals surface area contributed by atoms with Gasteiger partial charge in [-0.15, -0.1) is 0 Å². The highest BCUT2D eigenvalue weighted by molar-refractivity contribution is 7.91. The highest BCUT2D eigenvalue weighted by atomic mass is 32.2. The van der Waals surface area contributed by atoms with Gasteiger partial charge in [0.15, 0.2) is 9.84 Å². The fraction of sp³-hybridized carbons (Fsp3) is 1.00. The molecular weight excluding hydrogens is 264 g/mol. The first-order chi connectivity index (χ1) is 9.07. The van der Waals surface area contributed by atoms with Gasteiger partial charge in [-0.3, -0.25) is 4.90 Å². The van der Waals surface area contributed by atoms with Crippen LogP contribution in [0.25, 0.3) is 0 Å². The Morgan fingerprint density at radius 3 is 2.68 bits per heavy atom. The molecule has 5 nitrogen and oxygen atoms in total. The van der Waals surface area contributed by atoms with Crippen LogP contribution >= 0.6 is 0 Å². The highest BCUT2D eigenvalue weighted by Gasteiger charge is 2.34. The summed E-state index contributed by atoms with van der Waals surface area (Å²) in [5.74, 6) is 0. The summed E-state index contributed by atoms with van der Waals surface area (Å²) >= 11 is 0. The van der Waals surface area contributed by atoms with Gasteiger partial charge in [-0.05, 0) is 32.4 Å². The number of hydrogen-bond donors (Lipinski definition) is 1. The molecule has 2 aliphatic rings. The summed E-state index contributed by atoms with van der Waals surface area (Å²) in [5, 5.41) is 3.27. The normalized spacial score (nSPS) is 29.7. The predicted octanol–water partition coefficient (Wildman–Crippen LogP) is 0.264. The Morgan fingerprint density at radius 2 is 2.00 bits per heavy atom. The van der Waals surface area contributed by atoms with Crippen LogP contribution in [0.15, 0.2) is 0 Å². The molecule has 0 aromatic heterocycles. The number of nitrogens with one attached hydrogen (secondary N) is 1. The maximum absolute atomic E-state index is 11.7. The molecule has 0 radical (unpaired) electrons. The lowest BCUT2D eigenvalue weighted by atomic mass is 10.2. The van der Waals surface area contributed by atoms with Crippen molar-refractivity contribution >= 4 is 9.84 Å². The van der Waals surface area contributed by atoms with Crippen molar-refractivity contribution < 1.29 is 13.2 Å². The molecule has 112 valence electrons. The average molecular weight is 290 g/mol. The fourth-order valence-electron chi connectivity index (χ4n) is 3.09. The van der Waals surface area contributed by atoms with Crippen molar-refractivity contribution in [2.45, 2.75) is 37.0 Å². The quantitative estimate of drug-likeness (QED) is 0.711. The van der Waals surface area contributed by atoms with E-state index in [9.17, 15) is 8.42 Å². The molecule has 19 heavy (non-hydrogen) atoms.